The second kappa shape index (κ2) is 7.68. The number of nitrogens with zero attached hydrogens (tertiary/aromatic N) is 1. The zero-order valence-electron chi connectivity index (χ0n) is 17.8. The van der Waals surface area contributed by atoms with Crippen LogP contribution in [-0.4, -0.2) is 49.0 Å². The molecule has 1 aromatic carbocycles. The van der Waals surface area contributed by atoms with Crippen molar-refractivity contribution in [3.05, 3.63) is 24.3 Å². The SMILES string of the molecule is CCS(=O)(=O)c1ccc(NC(=O)CN2C(=O)N[C@]3(C[C@H](C)CC(C)(C)C3)C2=O)cc1. The van der Waals surface area contributed by atoms with Gasteiger partial charge < -0.3 is 10.6 Å². The number of urea groups is 1. The van der Waals surface area contributed by atoms with Crippen molar-refractivity contribution in [1.29, 1.82) is 0 Å². The molecule has 3 rings (SSSR count). The van der Waals surface area contributed by atoms with Crippen molar-refractivity contribution in [2.75, 3.05) is 17.6 Å². The Labute approximate surface area is 177 Å². The van der Waals surface area contributed by atoms with E-state index in [0.29, 0.717) is 18.5 Å². The molecule has 164 valence electrons. The predicted molar refractivity (Wildman–Crippen MR) is 113 cm³/mol. The predicted octanol–water partition coefficient (Wildman–Crippen LogP) is 2.56. The zero-order chi connectivity index (χ0) is 22.3. The summed E-state index contributed by atoms with van der Waals surface area (Å²) < 4.78 is 23.8. The third kappa shape index (κ3) is 4.35. The minimum Gasteiger partial charge on any atom is -0.325 e. The number of hydrogen-bond donors (Lipinski definition) is 2. The van der Waals surface area contributed by atoms with E-state index >= 15 is 0 Å². The van der Waals surface area contributed by atoms with Crippen LogP contribution in [0.25, 0.3) is 0 Å². The summed E-state index contributed by atoms with van der Waals surface area (Å²) in [5.74, 6) is -0.608. The van der Waals surface area contributed by atoms with E-state index in [-0.39, 0.29) is 27.9 Å². The summed E-state index contributed by atoms with van der Waals surface area (Å²) in [4.78, 5) is 39.2. The van der Waals surface area contributed by atoms with Crippen LogP contribution < -0.4 is 10.6 Å². The summed E-state index contributed by atoms with van der Waals surface area (Å²) in [7, 11) is -3.33. The molecule has 0 bridgehead atoms. The number of amides is 4. The lowest BCUT2D eigenvalue weighted by atomic mass is 9.64. The quantitative estimate of drug-likeness (QED) is 0.690. The van der Waals surface area contributed by atoms with Crippen molar-refractivity contribution in [2.24, 2.45) is 11.3 Å². The van der Waals surface area contributed by atoms with Gasteiger partial charge in [0.25, 0.3) is 5.91 Å². The second-order valence-corrected chi connectivity index (χ2v) is 11.5. The second-order valence-electron chi connectivity index (χ2n) is 9.23. The Balaban J connectivity index is 1.68. The van der Waals surface area contributed by atoms with Crippen LogP contribution in [0.15, 0.2) is 29.2 Å². The molecule has 2 aliphatic rings. The Morgan fingerprint density at radius 2 is 1.83 bits per heavy atom. The lowest BCUT2D eigenvalue weighted by molar-refractivity contribution is -0.136. The Hall–Kier alpha value is -2.42. The Morgan fingerprint density at radius 3 is 2.40 bits per heavy atom. The van der Waals surface area contributed by atoms with E-state index in [1.54, 1.807) is 6.92 Å². The van der Waals surface area contributed by atoms with Gasteiger partial charge in [-0.2, -0.15) is 0 Å². The van der Waals surface area contributed by atoms with E-state index in [9.17, 15) is 22.8 Å². The molecular weight excluding hydrogens is 406 g/mol. The molecule has 1 aromatic rings. The first kappa shape index (κ1) is 22.3. The molecule has 4 amide bonds. The summed E-state index contributed by atoms with van der Waals surface area (Å²) >= 11 is 0. The van der Waals surface area contributed by atoms with Crippen molar-refractivity contribution in [3.8, 4) is 0 Å². The van der Waals surface area contributed by atoms with Gasteiger partial charge in [0.1, 0.15) is 12.1 Å². The Kier molecular flexibility index (Phi) is 5.70. The highest BCUT2D eigenvalue weighted by Crippen LogP contribution is 2.46. The molecule has 1 heterocycles. The third-order valence-corrected chi connectivity index (χ3v) is 7.55. The van der Waals surface area contributed by atoms with Gasteiger partial charge in [0.2, 0.25) is 5.91 Å². The number of imide groups is 1. The maximum Gasteiger partial charge on any atom is 0.325 e. The van der Waals surface area contributed by atoms with Gasteiger partial charge in [-0.15, -0.1) is 0 Å². The zero-order valence-corrected chi connectivity index (χ0v) is 18.6. The van der Waals surface area contributed by atoms with Crippen molar-refractivity contribution >= 4 is 33.4 Å². The highest BCUT2D eigenvalue weighted by atomic mass is 32.2. The molecule has 0 unspecified atom stereocenters. The first-order valence-corrected chi connectivity index (χ1v) is 11.8. The molecule has 2 fully saturated rings. The maximum absolute atomic E-state index is 13.1. The number of carbonyl (C=O) groups excluding carboxylic acids is 3. The van der Waals surface area contributed by atoms with Gasteiger partial charge >= 0.3 is 6.03 Å². The molecule has 1 aliphatic carbocycles. The van der Waals surface area contributed by atoms with Gasteiger partial charge in [0, 0.05) is 5.69 Å². The summed E-state index contributed by atoms with van der Waals surface area (Å²) in [6.45, 7) is 7.41. The van der Waals surface area contributed by atoms with Crippen LogP contribution in [0.4, 0.5) is 10.5 Å². The van der Waals surface area contributed by atoms with Crippen LogP contribution >= 0.6 is 0 Å². The van der Waals surface area contributed by atoms with Crippen molar-refractivity contribution < 1.29 is 22.8 Å². The van der Waals surface area contributed by atoms with E-state index < -0.39 is 33.9 Å². The molecule has 2 N–H and O–H groups in total. The van der Waals surface area contributed by atoms with Crippen LogP contribution in [0.2, 0.25) is 0 Å². The fraction of sp³-hybridized carbons (Fsp3) is 0.571. The van der Waals surface area contributed by atoms with E-state index in [1.165, 1.54) is 24.3 Å². The smallest absolute Gasteiger partial charge is 0.325 e. The summed E-state index contributed by atoms with van der Waals surface area (Å²) in [5, 5.41) is 5.46. The summed E-state index contributed by atoms with van der Waals surface area (Å²) in [6, 6.07) is 5.26. The van der Waals surface area contributed by atoms with Gasteiger partial charge in [-0.25, -0.2) is 13.2 Å². The number of nitrogens with one attached hydrogen (secondary N) is 2. The number of sulfone groups is 1. The minimum absolute atomic E-state index is 0.0118. The van der Waals surface area contributed by atoms with Crippen molar-refractivity contribution in [1.82, 2.24) is 10.2 Å². The average Bonchev–Trinajstić information content (AvgIpc) is 2.83. The molecule has 1 spiro atoms. The number of rotatable bonds is 5. The lowest BCUT2D eigenvalue weighted by Crippen LogP contribution is -2.54. The van der Waals surface area contributed by atoms with Crippen LogP contribution in [0.5, 0.6) is 0 Å². The van der Waals surface area contributed by atoms with Crippen LogP contribution in [0.1, 0.15) is 47.0 Å². The molecule has 2 atom stereocenters. The molecule has 0 aromatic heterocycles. The standard InChI is InChI=1S/C21H29N3O5S/c1-5-30(28,29)16-8-6-15(7-9-16)22-17(25)12-24-18(26)21(23-19(24)27)11-14(2)10-20(3,4)13-21/h6-9,14H,5,10-13H2,1-4H3,(H,22,25)(H,23,27)/t14-,21+/m1/s1. The van der Waals surface area contributed by atoms with Crippen LogP contribution in [0, 0.1) is 11.3 Å². The topological polar surface area (TPSA) is 113 Å². The molecule has 1 saturated heterocycles. The monoisotopic (exact) mass is 435 g/mol. The third-order valence-electron chi connectivity index (χ3n) is 5.80. The largest absolute Gasteiger partial charge is 0.325 e. The Morgan fingerprint density at radius 1 is 1.20 bits per heavy atom. The van der Waals surface area contributed by atoms with Crippen molar-refractivity contribution in [2.45, 2.75) is 57.4 Å². The molecule has 1 aliphatic heterocycles. The van der Waals surface area contributed by atoms with E-state index in [0.717, 1.165) is 11.3 Å². The fourth-order valence-electron chi connectivity index (χ4n) is 4.91. The Bertz CT molecular complexity index is 971. The van der Waals surface area contributed by atoms with Crippen molar-refractivity contribution in [3.63, 3.8) is 0 Å². The van der Waals surface area contributed by atoms with Gasteiger partial charge in [-0.1, -0.05) is 27.7 Å². The normalized spacial score (nSPS) is 26.0. The van der Waals surface area contributed by atoms with Gasteiger partial charge in [-0.3, -0.25) is 14.5 Å². The summed E-state index contributed by atoms with van der Waals surface area (Å²) in [5.41, 5.74) is -0.641. The molecule has 8 nitrogen and oxygen atoms in total. The van der Waals surface area contributed by atoms with Gasteiger partial charge in [0.15, 0.2) is 9.84 Å². The molecule has 0 radical (unpaired) electrons. The highest BCUT2D eigenvalue weighted by Gasteiger charge is 2.56. The highest BCUT2D eigenvalue weighted by molar-refractivity contribution is 7.91. The van der Waals surface area contributed by atoms with E-state index in [4.69, 9.17) is 0 Å². The van der Waals surface area contributed by atoms with Crippen LogP contribution in [-0.2, 0) is 19.4 Å². The number of hydrogen-bond acceptors (Lipinski definition) is 5. The maximum atomic E-state index is 13.1. The van der Waals surface area contributed by atoms with E-state index in [2.05, 4.69) is 31.4 Å². The van der Waals surface area contributed by atoms with Gasteiger partial charge in [0.05, 0.1) is 10.6 Å². The van der Waals surface area contributed by atoms with E-state index in [1.807, 2.05) is 0 Å². The number of carbonyl (C=O) groups is 3. The fourth-order valence-corrected chi connectivity index (χ4v) is 5.79. The first-order chi connectivity index (χ1) is 13.9. The van der Waals surface area contributed by atoms with Gasteiger partial charge in [-0.05, 0) is 54.9 Å². The molecule has 1 saturated carbocycles. The average molecular weight is 436 g/mol. The lowest BCUT2D eigenvalue weighted by Gasteiger charge is -2.43. The number of benzene rings is 1. The number of anilines is 1. The minimum atomic E-state index is -3.33. The molecular formula is C21H29N3O5S. The molecule has 9 heteroatoms. The molecule has 30 heavy (non-hydrogen) atoms. The first-order valence-electron chi connectivity index (χ1n) is 10.1. The summed E-state index contributed by atoms with van der Waals surface area (Å²) in [6.07, 6.45) is 2.08. The van der Waals surface area contributed by atoms with Crippen LogP contribution in [0.3, 0.4) is 0 Å².